The molecule has 0 unspecified atom stereocenters. The lowest BCUT2D eigenvalue weighted by Gasteiger charge is -2.15. The summed E-state index contributed by atoms with van der Waals surface area (Å²) >= 11 is 1.22. The van der Waals surface area contributed by atoms with E-state index in [1.807, 2.05) is 0 Å². The van der Waals surface area contributed by atoms with Crippen molar-refractivity contribution in [2.75, 3.05) is 26.3 Å². The molecule has 2 aromatic carbocycles. The van der Waals surface area contributed by atoms with Gasteiger partial charge >= 0.3 is 5.88 Å². The summed E-state index contributed by atoms with van der Waals surface area (Å²) in [7, 11) is 4.51. The van der Waals surface area contributed by atoms with Crippen LogP contribution in [0.4, 0.5) is 11.0 Å². The highest BCUT2D eigenvalue weighted by atomic mass is 32.1. The number of nitrogens with zero attached hydrogens (tertiary/aromatic N) is 4. The highest BCUT2D eigenvalue weighted by molar-refractivity contribution is 7.22. The fraction of sp³-hybridized carbons (Fsp3) is 0.136. The number of benzene rings is 2. The minimum absolute atomic E-state index is 0.0931. The highest BCUT2D eigenvalue weighted by Crippen LogP contribution is 2.33. The largest absolute Gasteiger partial charge is 0.497 e. The predicted octanol–water partition coefficient (Wildman–Crippen LogP) is 4.50. The fourth-order valence-corrected chi connectivity index (χ4v) is 3.93. The Bertz CT molecular complexity index is 1370. The summed E-state index contributed by atoms with van der Waals surface area (Å²) in [6, 6.07) is 12.6. The molecule has 0 spiro atoms. The number of carbonyl (C=O) groups is 1. The zero-order valence-corrected chi connectivity index (χ0v) is 19.1. The molecule has 0 atom stereocenters. The maximum absolute atomic E-state index is 13.5. The highest BCUT2D eigenvalue weighted by Gasteiger charge is 2.23. The molecule has 1 amide bonds. The Kier molecular flexibility index (Phi) is 6.41. The second kappa shape index (κ2) is 9.58. The first kappa shape index (κ1) is 22.7. The van der Waals surface area contributed by atoms with Gasteiger partial charge in [-0.15, -0.1) is 0 Å². The second-order valence-corrected chi connectivity index (χ2v) is 7.74. The van der Waals surface area contributed by atoms with Crippen molar-refractivity contribution in [3.63, 3.8) is 0 Å². The van der Waals surface area contributed by atoms with Crippen LogP contribution in [0.15, 0.2) is 58.0 Å². The number of amides is 1. The van der Waals surface area contributed by atoms with Crippen molar-refractivity contribution in [2.24, 2.45) is 5.10 Å². The van der Waals surface area contributed by atoms with E-state index >= 15 is 0 Å². The Morgan fingerprint density at radius 1 is 1.06 bits per heavy atom. The molecule has 0 saturated carbocycles. The van der Waals surface area contributed by atoms with Gasteiger partial charge in [0.2, 0.25) is 5.13 Å². The smallest absolute Gasteiger partial charge is 0.433 e. The molecule has 11 nitrogen and oxygen atoms in total. The normalized spacial score (nSPS) is 11.0. The van der Waals surface area contributed by atoms with Crippen LogP contribution in [-0.2, 0) is 0 Å². The average molecular weight is 482 g/mol. The van der Waals surface area contributed by atoms with Gasteiger partial charge < -0.3 is 18.6 Å². The van der Waals surface area contributed by atoms with Crippen molar-refractivity contribution in [3.8, 4) is 17.2 Å². The molecule has 0 fully saturated rings. The number of nitro groups is 1. The first-order valence-corrected chi connectivity index (χ1v) is 10.5. The number of methoxy groups -OCH3 is 3. The van der Waals surface area contributed by atoms with Crippen LogP contribution < -0.4 is 19.2 Å². The SMILES string of the molecule is COc1cc(OC)cc(C(=O)N(/N=C/c2ccc([N+](=O)[O-])o2)c2nc3ccc(OC)cc3s2)c1. The Labute approximate surface area is 196 Å². The zero-order chi connectivity index (χ0) is 24.2. The summed E-state index contributed by atoms with van der Waals surface area (Å²) in [6.45, 7) is 0. The van der Waals surface area contributed by atoms with E-state index in [4.69, 9.17) is 18.6 Å². The van der Waals surface area contributed by atoms with Gasteiger partial charge in [-0.25, -0.2) is 4.98 Å². The van der Waals surface area contributed by atoms with Crippen molar-refractivity contribution >= 4 is 44.7 Å². The Morgan fingerprint density at radius 3 is 2.38 bits per heavy atom. The second-order valence-electron chi connectivity index (χ2n) is 6.73. The van der Waals surface area contributed by atoms with Gasteiger partial charge in [0, 0.05) is 11.6 Å². The van der Waals surface area contributed by atoms with Crippen LogP contribution in [-0.4, -0.2) is 43.4 Å². The Balaban J connectivity index is 1.78. The Hall–Kier alpha value is -4.45. The van der Waals surface area contributed by atoms with Crippen LogP contribution in [0.25, 0.3) is 10.2 Å². The van der Waals surface area contributed by atoms with Crippen LogP contribution in [0.5, 0.6) is 17.2 Å². The lowest BCUT2D eigenvalue weighted by Crippen LogP contribution is -2.25. The minimum Gasteiger partial charge on any atom is -0.497 e. The van der Waals surface area contributed by atoms with Crippen molar-refractivity contribution in [1.29, 1.82) is 0 Å². The van der Waals surface area contributed by atoms with Gasteiger partial charge in [-0.1, -0.05) is 11.3 Å². The van der Waals surface area contributed by atoms with Crippen molar-refractivity contribution in [1.82, 2.24) is 4.98 Å². The van der Waals surface area contributed by atoms with Crippen molar-refractivity contribution in [3.05, 3.63) is 70.0 Å². The monoisotopic (exact) mass is 482 g/mol. The molecule has 2 aromatic heterocycles. The number of hydrogen-bond acceptors (Lipinski definition) is 10. The fourth-order valence-electron chi connectivity index (χ4n) is 2.98. The third kappa shape index (κ3) is 4.66. The van der Waals surface area contributed by atoms with E-state index in [-0.39, 0.29) is 16.5 Å². The van der Waals surface area contributed by atoms with Crippen LogP contribution >= 0.6 is 11.3 Å². The molecule has 0 radical (unpaired) electrons. The van der Waals surface area contributed by atoms with Crippen LogP contribution in [0.3, 0.4) is 0 Å². The maximum atomic E-state index is 13.5. The molecule has 0 aliphatic heterocycles. The lowest BCUT2D eigenvalue weighted by atomic mass is 10.2. The van der Waals surface area contributed by atoms with Gasteiger partial charge in [0.25, 0.3) is 5.91 Å². The minimum atomic E-state index is -0.663. The third-order valence-electron chi connectivity index (χ3n) is 4.65. The van der Waals surface area contributed by atoms with E-state index in [1.165, 1.54) is 43.9 Å². The first-order chi connectivity index (χ1) is 16.4. The number of ether oxygens (including phenoxy) is 3. The van der Waals surface area contributed by atoms with Crippen molar-refractivity contribution < 1.29 is 28.3 Å². The number of thiazole rings is 1. The summed E-state index contributed by atoms with van der Waals surface area (Å²) in [6.07, 6.45) is 1.20. The summed E-state index contributed by atoms with van der Waals surface area (Å²) in [5.41, 5.74) is 0.876. The van der Waals surface area contributed by atoms with Gasteiger partial charge in [0.1, 0.15) is 22.2 Å². The molecule has 0 saturated heterocycles. The molecule has 174 valence electrons. The maximum Gasteiger partial charge on any atom is 0.433 e. The summed E-state index contributed by atoms with van der Waals surface area (Å²) in [4.78, 5) is 28.3. The van der Waals surface area contributed by atoms with E-state index in [0.717, 1.165) is 9.71 Å². The van der Waals surface area contributed by atoms with E-state index < -0.39 is 16.7 Å². The van der Waals surface area contributed by atoms with Gasteiger partial charge in [-0.2, -0.15) is 10.1 Å². The van der Waals surface area contributed by atoms with Crippen LogP contribution in [0, 0.1) is 10.1 Å². The number of carbonyl (C=O) groups excluding carboxylic acids is 1. The molecule has 34 heavy (non-hydrogen) atoms. The van der Waals surface area contributed by atoms with Gasteiger partial charge in [0.15, 0.2) is 5.76 Å². The standard InChI is InChI=1S/C22H18N4O7S/c1-30-14-4-6-18-19(11-14)34-22(24-18)25(23-12-15-5-7-20(33-15)26(28)29)21(27)13-8-16(31-2)10-17(9-13)32-3/h4-12H,1-3H3/b23-12+. The van der Waals surface area contributed by atoms with Crippen LogP contribution in [0.1, 0.15) is 16.1 Å². The molecule has 0 bridgehead atoms. The van der Waals surface area contributed by atoms with E-state index in [1.54, 1.807) is 43.5 Å². The quantitative estimate of drug-likeness (QED) is 0.204. The average Bonchev–Trinajstić information content (AvgIpc) is 3.50. The molecule has 0 aliphatic rings. The number of hydrazone groups is 1. The number of furan rings is 1. The molecule has 2 heterocycles. The summed E-state index contributed by atoms with van der Waals surface area (Å²) in [5.74, 6) is 0.606. The van der Waals surface area contributed by atoms with E-state index in [2.05, 4.69) is 10.1 Å². The predicted molar refractivity (Wildman–Crippen MR) is 125 cm³/mol. The first-order valence-electron chi connectivity index (χ1n) is 9.72. The van der Waals surface area contributed by atoms with Crippen molar-refractivity contribution in [2.45, 2.75) is 0 Å². The number of aromatic nitrogens is 1. The lowest BCUT2D eigenvalue weighted by molar-refractivity contribution is -0.402. The van der Waals surface area contributed by atoms with Gasteiger partial charge in [-0.05, 0) is 36.4 Å². The topological polar surface area (TPSA) is 130 Å². The van der Waals surface area contributed by atoms with Crippen LogP contribution in [0.2, 0.25) is 0 Å². The summed E-state index contributed by atoms with van der Waals surface area (Å²) < 4.78 is 21.7. The molecular formula is C22H18N4O7S. The van der Waals surface area contributed by atoms with Gasteiger partial charge in [-0.3, -0.25) is 14.9 Å². The molecule has 0 N–H and O–H groups in total. The number of rotatable bonds is 8. The number of fused-ring (bicyclic) bond motifs is 1. The third-order valence-corrected chi connectivity index (χ3v) is 5.64. The van der Waals surface area contributed by atoms with E-state index in [9.17, 15) is 14.9 Å². The van der Waals surface area contributed by atoms with Gasteiger partial charge in [0.05, 0.1) is 43.8 Å². The molecule has 4 rings (SSSR count). The molecule has 4 aromatic rings. The zero-order valence-electron chi connectivity index (χ0n) is 18.3. The number of anilines is 1. The molecule has 12 heteroatoms. The number of hydrogen-bond donors (Lipinski definition) is 0. The Morgan fingerprint density at radius 2 is 1.76 bits per heavy atom. The molecule has 0 aliphatic carbocycles. The van der Waals surface area contributed by atoms with E-state index in [0.29, 0.717) is 22.8 Å². The summed E-state index contributed by atoms with van der Waals surface area (Å²) in [5, 5.41) is 16.5. The molecular weight excluding hydrogens is 464 g/mol.